The van der Waals surface area contributed by atoms with Crippen molar-refractivity contribution in [3.63, 3.8) is 0 Å². The van der Waals surface area contributed by atoms with Gasteiger partial charge in [-0.3, -0.25) is 19.4 Å². The van der Waals surface area contributed by atoms with Crippen molar-refractivity contribution in [1.29, 1.82) is 0 Å². The topological polar surface area (TPSA) is 129 Å². The van der Waals surface area contributed by atoms with E-state index in [2.05, 4.69) is 29.7 Å². The van der Waals surface area contributed by atoms with Gasteiger partial charge < -0.3 is 20.8 Å². The third kappa shape index (κ3) is 6.61. The second-order valence-electron chi connectivity index (χ2n) is 14.1. The summed E-state index contributed by atoms with van der Waals surface area (Å²) in [6.07, 6.45) is 13.1. The lowest BCUT2D eigenvalue weighted by atomic mass is 9.71. The summed E-state index contributed by atoms with van der Waals surface area (Å²) < 4.78 is 0. The van der Waals surface area contributed by atoms with Gasteiger partial charge in [-0.1, -0.05) is 67.5 Å². The molecule has 7 rings (SSSR count). The zero-order chi connectivity index (χ0) is 34.9. The molecule has 0 saturated carbocycles. The molecule has 1 heterocycles. The molecular formula is C41H42ClN3O5. The van der Waals surface area contributed by atoms with Crippen LogP contribution in [-0.2, 0) is 6.42 Å². The number of unbranched alkanes of at least 4 members (excludes halogenated alkanes) is 6. The van der Waals surface area contributed by atoms with Gasteiger partial charge in [0.25, 0.3) is 5.91 Å². The van der Waals surface area contributed by atoms with E-state index in [4.69, 9.17) is 16.6 Å². The number of aromatic nitrogens is 1. The van der Waals surface area contributed by atoms with E-state index in [0.717, 1.165) is 75.2 Å². The molecule has 1 aromatic heterocycles. The Morgan fingerprint density at radius 2 is 1.60 bits per heavy atom. The average Bonchev–Trinajstić information content (AvgIpc) is 3.08. The molecule has 0 fully saturated rings. The smallest absolute Gasteiger partial charge is 0.251 e. The maximum atomic E-state index is 13.1. The van der Waals surface area contributed by atoms with Crippen LogP contribution in [0, 0.1) is 5.92 Å². The van der Waals surface area contributed by atoms with Gasteiger partial charge in [0.2, 0.25) is 5.78 Å². The molecule has 3 aromatic carbocycles. The van der Waals surface area contributed by atoms with Crippen molar-refractivity contribution in [1.82, 2.24) is 10.3 Å². The van der Waals surface area contributed by atoms with Gasteiger partial charge in [0, 0.05) is 57.1 Å². The number of allylic oxidation sites excluding steroid dienone is 2. The van der Waals surface area contributed by atoms with Gasteiger partial charge in [-0.05, 0) is 87.3 Å². The quantitative estimate of drug-likeness (QED) is 0.0761. The summed E-state index contributed by atoms with van der Waals surface area (Å²) in [4.78, 5) is 44.0. The van der Waals surface area contributed by atoms with Gasteiger partial charge >= 0.3 is 0 Å². The normalized spacial score (nSPS) is 17.5. The van der Waals surface area contributed by atoms with Gasteiger partial charge in [0.1, 0.15) is 11.5 Å². The van der Waals surface area contributed by atoms with Crippen molar-refractivity contribution in [2.24, 2.45) is 5.92 Å². The fraction of sp³-hybridized carbons (Fsp3) is 0.366. The molecule has 1 amide bonds. The first kappa shape index (κ1) is 33.8. The molecule has 258 valence electrons. The Kier molecular flexibility index (Phi) is 9.65. The molecule has 0 saturated heterocycles. The summed E-state index contributed by atoms with van der Waals surface area (Å²) in [5.41, 5.74) is 6.14. The first-order valence-corrected chi connectivity index (χ1v) is 18.2. The largest absolute Gasteiger partial charge is 0.507 e. The van der Waals surface area contributed by atoms with Crippen LogP contribution in [0.2, 0.25) is 5.02 Å². The Labute approximate surface area is 297 Å². The fourth-order valence-corrected chi connectivity index (χ4v) is 8.31. The van der Waals surface area contributed by atoms with E-state index in [1.54, 1.807) is 0 Å². The number of ketones is 2. The Bertz CT molecular complexity index is 2050. The molecule has 3 aliphatic carbocycles. The molecule has 4 N–H and O–H groups in total. The van der Waals surface area contributed by atoms with Crippen LogP contribution in [0.4, 0.5) is 5.69 Å². The van der Waals surface area contributed by atoms with E-state index in [9.17, 15) is 24.6 Å². The highest BCUT2D eigenvalue weighted by Gasteiger charge is 2.35. The summed E-state index contributed by atoms with van der Waals surface area (Å²) in [6.45, 7) is 3.64. The van der Waals surface area contributed by atoms with Crippen LogP contribution in [0.1, 0.15) is 124 Å². The Balaban J connectivity index is 0.846. The number of pyridine rings is 1. The van der Waals surface area contributed by atoms with Gasteiger partial charge in [0.05, 0.1) is 16.6 Å². The second-order valence-corrected chi connectivity index (χ2v) is 14.5. The Hall–Kier alpha value is -4.69. The lowest BCUT2D eigenvalue weighted by Gasteiger charge is -2.36. The number of amides is 1. The third-order valence-electron chi connectivity index (χ3n) is 10.4. The predicted octanol–water partition coefficient (Wildman–Crippen LogP) is 8.64. The highest BCUT2D eigenvalue weighted by Crippen LogP contribution is 2.47. The van der Waals surface area contributed by atoms with Crippen molar-refractivity contribution in [3.05, 3.63) is 104 Å². The van der Waals surface area contributed by atoms with E-state index in [0.29, 0.717) is 23.4 Å². The molecule has 0 spiro atoms. The minimum Gasteiger partial charge on any atom is -0.507 e. The number of aromatic hydroxyl groups is 2. The maximum Gasteiger partial charge on any atom is 0.251 e. The zero-order valence-electron chi connectivity index (χ0n) is 28.3. The van der Waals surface area contributed by atoms with E-state index < -0.39 is 23.2 Å². The minimum atomic E-state index is -0.644. The SMILES string of the molecule is CC1=C[C@H]2Cc3nc4cc(Cl)ccc4c(NCCCCCCCCCNC(=O)c4cc(O)c5c(c4)C(=O)c4cccc(O)c4C5=O)c3[C@H](C1)C2. The first-order chi connectivity index (χ1) is 24.2. The number of hydrogen-bond donors (Lipinski definition) is 4. The number of phenolic OH excluding ortho intramolecular Hbond substituents is 2. The summed E-state index contributed by atoms with van der Waals surface area (Å²) in [5, 5.41) is 29.3. The highest BCUT2D eigenvalue weighted by atomic mass is 35.5. The van der Waals surface area contributed by atoms with Crippen molar-refractivity contribution in [2.75, 3.05) is 18.4 Å². The van der Waals surface area contributed by atoms with Crippen molar-refractivity contribution in [3.8, 4) is 11.5 Å². The van der Waals surface area contributed by atoms with Crippen LogP contribution >= 0.6 is 11.6 Å². The molecule has 8 nitrogen and oxygen atoms in total. The Morgan fingerprint density at radius 3 is 2.40 bits per heavy atom. The second kappa shape index (κ2) is 14.3. The number of carbonyl (C=O) groups is 3. The average molecular weight is 692 g/mol. The van der Waals surface area contributed by atoms with Crippen molar-refractivity contribution >= 4 is 45.7 Å². The molecule has 2 atom stereocenters. The summed E-state index contributed by atoms with van der Waals surface area (Å²) in [5.74, 6) is -1.26. The lowest BCUT2D eigenvalue weighted by molar-refractivity contribution is 0.0948. The molecular weight excluding hydrogens is 650 g/mol. The molecule has 50 heavy (non-hydrogen) atoms. The van der Waals surface area contributed by atoms with Crippen molar-refractivity contribution in [2.45, 2.75) is 77.0 Å². The molecule has 9 heteroatoms. The number of nitrogens with zero attached hydrogens (tertiary/aromatic N) is 1. The number of nitrogens with one attached hydrogen (secondary N) is 2. The summed E-state index contributed by atoms with van der Waals surface area (Å²) in [7, 11) is 0. The first-order valence-electron chi connectivity index (χ1n) is 17.8. The van der Waals surface area contributed by atoms with Crippen LogP contribution in [0.25, 0.3) is 10.9 Å². The van der Waals surface area contributed by atoms with Gasteiger partial charge in [-0.2, -0.15) is 0 Å². The molecule has 0 unspecified atom stereocenters. The number of benzene rings is 3. The molecule has 0 aliphatic heterocycles. The maximum absolute atomic E-state index is 13.1. The van der Waals surface area contributed by atoms with Crippen molar-refractivity contribution < 1.29 is 24.6 Å². The molecule has 3 aliphatic rings. The van der Waals surface area contributed by atoms with Crippen LogP contribution in [0.15, 0.2) is 60.2 Å². The number of carbonyl (C=O) groups excluding carboxylic acids is 3. The van der Waals surface area contributed by atoms with E-state index in [1.165, 1.54) is 59.3 Å². The number of halogens is 1. The monoisotopic (exact) mass is 691 g/mol. The summed E-state index contributed by atoms with van der Waals surface area (Å²) >= 11 is 6.35. The number of hydrogen-bond acceptors (Lipinski definition) is 7. The number of rotatable bonds is 12. The summed E-state index contributed by atoms with van der Waals surface area (Å²) in [6, 6.07) is 12.9. The fourth-order valence-electron chi connectivity index (χ4n) is 8.14. The molecule has 0 radical (unpaired) electrons. The van der Waals surface area contributed by atoms with E-state index in [-0.39, 0.29) is 33.6 Å². The zero-order valence-corrected chi connectivity index (χ0v) is 29.0. The Morgan fingerprint density at radius 1 is 0.860 bits per heavy atom. The van der Waals surface area contributed by atoms with Crippen LogP contribution in [0.3, 0.4) is 0 Å². The molecule has 4 aromatic rings. The number of phenols is 2. The van der Waals surface area contributed by atoms with Gasteiger partial charge in [0.15, 0.2) is 5.78 Å². The van der Waals surface area contributed by atoms with Crippen LogP contribution in [0.5, 0.6) is 11.5 Å². The number of anilines is 1. The van der Waals surface area contributed by atoms with E-state index in [1.807, 2.05) is 12.1 Å². The lowest BCUT2D eigenvalue weighted by Crippen LogP contribution is -2.26. The third-order valence-corrected chi connectivity index (χ3v) is 10.6. The molecule has 2 bridgehead atoms. The minimum absolute atomic E-state index is 0.0401. The highest BCUT2D eigenvalue weighted by molar-refractivity contribution is 6.31. The van der Waals surface area contributed by atoms with Gasteiger partial charge in [-0.15, -0.1) is 0 Å². The predicted molar refractivity (Wildman–Crippen MR) is 196 cm³/mol. The van der Waals surface area contributed by atoms with Gasteiger partial charge in [-0.25, -0.2) is 0 Å². The van der Waals surface area contributed by atoms with Crippen LogP contribution in [-0.4, -0.2) is 45.8 Å². The standard InChI is InChI=1S/C41H42ClN3O5/c1-23-16-24-18-25(17-23)35-32(19-24)45-31-22-27(42)12-13-28(31)38(35)43-14-7-5-3-2-4-6-8-15-44-41(50)26-20-30-37(34(47)21-26)40(49)36-29(39(30)48)10-9-11-33(36)46/h9-13,16,20-22,24-25,46-47H,2-8,14-15,17-19H2,1H3,(H,43,45)(H,44,50)/t24-,25-/m1/s1. The van der Waals surface area contributed by atoms with E-state index >= 15 is 0 Å². The number of fused-ring (bicyclic) bond motifs is 7. The van der Waals surface area contributed by atoms with Crippen LogP contribution < -0.4 is 10.6 Å².